The Morgan fingerprint density at radius 2 is 2.17 bits per heavy atom. The lowest BCUT2D eigenvalue weighted by molar-refractivity contribution is -0.151. The monoisotopic (exact) mass is 271 g/mol. The molecule has 1 amide bonds. The lowest BCUT2D eigenvalue weighted by Gasteiger charge is -2.12. The van der Waals surface area contributed by atoms with Crippen LogP contribution in [0.2, 0.25) is 5.02 Å². The number of nitrogens with one attached hydrogen (secondary N) is 1. The summed E-state index contributed by atoms with van der Waals surface area (Å²) in [5, 5.41) is 2.95. The van der Waals surface area contributed by atoms with Crippen LogP contribution in [0.5, 0.6) is 0 Å². The van der Waals surface area contributed by atoms with E-state index in [1.807, 2.05) is 0 Å². The number of hydrogen-bond acceptors (Lipinski definition) is 4. The van der Waals surface area contributed by atoms with Crippen molar-refractivity contribution in [1.82, 2.24) is 0 Å². The zero-order chi connectivity index (χ0) is 13.5. The van der Waals surface area contributed by atoms with Gasteiger partial charge in [0, 0.05) is 10.7 Å². The number of carbonyl (C=O) groups excluding carboxylic acids is 2. The van der Waals surface area contributed by atoms with Crippen LogP contribution in [0.4, 0.5) is 10.5 Å². The minimum Gasteiger partial charge on any atom is -0.463 e. The van der Waals surface area contributed by atoms with Crippen LogP contribution in [0.3, 0.4) is 0 Å². The predicted molar refractivity (Wildman–Crippen MR) is 67.7 cm³/mol. The molecule has 0 spiro atoms. The first-order valence-corrected chi connectivity index (χ1v) is 5.80. The second-order valence-corrected chi connectivity index (χ2v) is 3.87. The molecule has 1 atom stereocenters. The van der Waals surface area contributed by atoms with Crippen LogP contribution in [-0.2, 0) is 14.3 Å². The molecule has 1 N–H and O–H groups in total. The van der Waals surface area contributed by atoms with E-state index in [-0.39, 0.29) is 6.61 Å². The highest BCUT2D eigenvalue weighted by molar-refractivity contribution is 6.30. The van der Waals surface area contributed by atoms with E-state index in [0.717, 1.165) is 0 Å². The van der Waals surface area contributed by atoms with Gasteiger partial charge in [-0.25, -0.2) is 9.59 Å². The third-order valence-corrected chi connectivity index (χ3v) is 2.21. The fourth-order valence-electron chi connectivity index (χ4n) is 1.18. The van der Waals surface area contributed by atoms with E-state index in [0.29, 0.717) is 10.7 Å². The predicted octanol–water partition coefficient (Wildman–Crippen LogP) is 2.84. The molecule has 98 valence electrons. The van der Waals surface area contributed by atoms with Gasteiger partial charge in [0.05, 0.1) is 6.61 Å². The second kappa shape index (κ2) is 6.86. The molecule has 0 aliphatic heterocycles. The molecule has 0 saturated carbocycles. The molecule has 6 heteroatoms. The third kappa shape index (κ3) is 4.63. The molecular formula is C12H14ClNO4. The summed E-state index contributed by atoms with van der Waals surface area (Å²) < 4.78 is 9.55. The molecule has 1 rings (SSSR count). The topological polar surface area (TPSA) is 64.6 Å². The first kappa shape index (κ1) is 14.3. The molecule has 0 radical (unpaired) electrons. The van der Waals surface area contributed by atoms with Crippen LogP contribution < -0.4 is 5.32 Å². The Kier molecular flexibility index (Phi) is 5.45. The smallest absolute Gasteiger partial charge is 0.412 e. The first-order chi connectivity index (χ1) is 8.52. The van der Waals surface area contributed by atoms with Crippen molar-refractivity contribution in [3.05, 3.63) is 29.3 Å². The van der Waals surface area contributed by atoms with Gasteiger partial charge in [-0.05, 0) is 32.0 Å². The molecule has 0 bridgehead atoms. The number of halogens is 1. The third-order valence-electron chi connectivity index (χ3n) is 1.97. The van der Waals surface area contributed by atoms with E-state index < -0.39 is 18.2 Å². The van der Waals surface area contributed by atoms with Crippen LogP contribution in [0, 0.1) is 0 Å². The van der Waals surface area contributed by atoms with Gasteiger partial charge in [-0.2, -0.15) is 0 Å². The van der Waals surface area contributed by atoms with Crippen LogP contribution in [-0.4, -0.2) is 24.8 Å². The van der Waals surface area contributed by atoms with Crippen molar-refractivity contribution >= 4 is 29.4 Å². The van der Waals surface area contributed by atoms with Crippen LogP contribution in [0.15, 0.2) is 24.3 Å². The summed E-state index contributed by atoms with van der Waals surface area (Å²) >= 11 is 5.76. The number of ether oxygens (including phenoxy) is 2. The van der Waals surface area contributed by atoms with Gasteiger partial charge in [-0.1, -0.05) is 17.7 Å². The molecule has 1 aromatic carbocycles. The summed E-state index contributed by atoms with van der Waals surface area (Å²) in [6.45, 7) is 3.36. The van der Waals surface area contributed by atoms with Gasteiger partial charge >= 0.3 is 12.1 Å². The van der Waals surface area contributed by atoms with Crippen molar-refractivity contribution in [3.8, 4) is 0 Å². The fourth-order valence-corrected chi connectivity index (χ4v) is 1.37. The number of benzene rings is 1. The normalized spacial score (nSPS) is 11.5. The van der Waals surface area contributed by atoms with Gasteiger partial charge in [0.25, 0.3) is 0 Å². The standard InChI is InChI=1S/C12H14ClNO4/c1-3-17-11(15)8(2)18-12(16)14-10-6-4-5-9(13)7-10/h4-8H,3H2,1-2H3,(H,14,16). The molecule has 1 aromatic rings. The van der Waals surface area contributed by atoms with Crippen molar-refractivity contribution in [2.45, 2.75) is 20.0 Å². The minimum atomic E-state index is -0.955. The van der Waals surface area contributed by atoms with E-state index in [4.69, 9.17) is 21.1 Å². The zero-order valence-electron chi connectivity index (χ0n) is 10.1. The van der Waals surface area contributed by atoms with E-state index in [1.54, 1.807) is 31.2 Å². The quantitative estimate of drug-likeness (QED) is 0.855. The van der Waals surface area contributed by atoms with E-state index in [9.17, 15) is 9.59 Å². The zero-order valence-corrected chi connectivity index (χ0v) is 10.9. The second-order valence-electron chi connectivity index (χ2n) is 3.43. The number of amides is 1. The molecule has 1 unspecified atom stereocenters. The SMILES string of the molecule is CCOC(=O)C(C)OC(=O)Nc1cccc(Cl)c1. The molecular weight excluding hydrogens is 258 g/mol. The molecule has 0 heterocycles. The number of carbonyl (C=O) groups is 2. The van der Waals surface area contributed by atoms with Gasteiger partial charge in [-0.15, -0.1) is 0 Å². The molecule has 0 aromatic heterocycles. The van der Waals surface area contributed by atoms with Crippen molar-refractivity contribution in [2.75, 3.05) is 11.9 Å². The van der Waals surface area contributed by atoms with Crippen molar-refractivity contribution in [1.29, 1.82) is 0 Å². The van der Waals surface area contributed by atoms with Gasteiger partial charge in [0.15, 0.2) is 6.10 Å². The Balaban J connectivity index is 2.49. The van der Waals surface area contributed by atoms with Gasteiger partial charge in [0.1, 0.15) is 0 Å². The maximum absolute atomic E-state index is 11.5. The Hall–Kier alpha value is -1.75. The van der Waals surface area contributed by atoms with Gasteiger partial charge in [0.2, 0.25) is 0 Å². The number of esters is 1. The Morgan fingerprint density at radius 3 is 2.78 bits per heavy atom. The number of rotatable bonds is 4. The van der Waals surface area contributed by atoms with Crippen molar-refractivity contribution in [2.24, 2.45) is 0 Å². The highest BCUT2D eigenvalue weighted by atomic mass is 35.5. The van der Waals surface area contributed by atoms with Crippen molar-refractivity contribution < 1.29 is 19.1 Å². The summed E-state index contributed by atoms with van der Waals surface area (Å²) in [5.74, 6) is -0.584. The van der Waals surface area contributed by atoms with Crippen molar-refractivity contribution in [3.63, 3.8) is 0 Å². The first-order valence-electron chi connectivity index (χ1n) is 5.42. The van der Waals surface area contributed by atoms with Crippen LogP contribution in [0.1, 0.15) is 13.8 Å². The largest absolute Gasteiger partial charge is 0.463 e. The maximum Gasteiger partial charge on any atom is 0.412 e. The average molecular weight is 272 g/mol. The number of anilines is 1. The maximum atomic E-state index is 11.5. The highest BCUT2D eigenvalue weighted by Gasteiger charge is 2.18. The lowest BCUT2D eigenvalue weighted by Crippen LogP contribution is -2.28. The molecule has 0 aliphatic rings. The molecule has 5 nitrogen and oxygen atoms in total. The van der Waals surface area contributed by atoms with E-state index in [1.165, 1.54) is 6.92 Å². The Morgan fingerprint density at radius 1 is 1.44 bits per heavy atom. The van der Waals surface area contributed by atoms with Crippen LogP contribution in [0.25, 0.3) is 0 Å². The van der Waals surface area contributed by atoms with Crippen LogP contribution >= 0.6 is 11.6 Å². The lowest BCUT2D eigenvalue weighted by atomic mass is 10.3. The molecule has 0 saturated heterocycles. The number of hydrogen-bond donors (Lipinski definition) is 1. The van der Waals surface area contributed by atoms with E-state index in [2.05, 4.69) is 5.32 Å². The van der Waals surface area contributed by atoms with Gasteiger partial charge < -0.3 is 9.47 Å². The molecule has 0 fully saturated rings. The summed E-state index contributed by atoms with van der Waals surface area (Å²) in [4.78, 5) is 22.7. The fraction of sp³-hybridized carbons (Fsp3) is 0.333. The molecule has 18 heavy (non-hydrogen) atoms. The summed E-state index contributed by atoms with van der Waals surface area (Å²) in [6.07, 6.45) is -1.69. The minimum absolute atomic E-state index is 0.239. The van der Waals surface area contributed by atoms with Gasteiger partial charge in [-0.3, -0.25) is 5.32 Å². The van der Waals surface area contributed by atoms with E-state index >= 15 is 0 Å². The molecule has 0 aliphatic carbocycles. The summed E-state index contributed by atoms with van der Waals surface area (Å²) in [5.41, 5.74) is 0.489. The average Bonchev–Trinajstić information content (AvgIpc) is 2.28. The summed E-state index contributed by atoms with van der Waals surface area (Å²) in [7, 11) is 0. The Labute approximate surface area is 110 Å². The Bertz CT molecular complexity index is 436. The highest BCUT2D eigenvalue weighted by Crippen LogP contribution is 2.15. The summed E-state index contributed by atoms with van der Waals surface area (Å²) in [6, 6.07) is 6.59.